The highest BCUT2D eigenvalue weighted by Crippen LogP contribution is 2.17. The fraction of sp³-hybridized carbons (Fsp3) is 0.333. The first-order valence-corrected chi connectivity index (χ1v) is 9.11. The molecule has 142 valence electrons. The van der Waals surface area contributed by atoms with Gasteiger partial charge < -0.3 is 15.0 Å². The zero-order valence-electron chi connectivity index (χ0n) is 15.3. The van der Waals surface area contributed by atoms with E-state index in [9.17, 15) is 14.0 Å². The molecule has 1 aliphatic heterocycles. The van der Waals surface area contributed by atoms with Crippen molar-refractivity contribution >= 4 is 11.8 Å². The van der Waals surface area contributed by atoms with Gasteiger partial charge in [-0.15, -0.1) is 0 Å². The molecule has 6 heteroatoms. The number of benzene rings is 2. The molecule has 0 bridgehead atoms. The van der Waals surface area contributed by atoms with E-state index in [1.54, 1.807) is 41.3 Å². The van der Waals surface area contributed by atoms with Crippen LogP contribution in [0.4, 0.5) is 4.39 Å². The lowest BCUT2D eigenvalue weighted by atomic mass is 10.1. The number of ether oxygens (including phenoxy) is 1. The van der Waals surface area contributed by atoms with E-state index in [-0.39, 0.29) is 30.3 Å². The molecule has 2 aromatic carbocycles. The van der Waals surface area contributed by atoms with Crippen LogP contribution in [0.25, 0.3) is 0 Å². The van der Waals surface area contributed by atoms with E-state index in [1.165, 1.54) is 12.1 Å². The molecule has 1 atom stereocenters. The van der Waals surface area contributed by atoms with Crippen molar-refractivity contribution < 1.29 is 18.7 Å². The van der Waals surface area contributed by atoms with Crippen molar-refractivity contribution in [3.8, 4) is 5.75 Å². The highest BCUT2D eigenvalue weighted by atomic mass is 19.1. The lowest BCUT2D eigenvalue weighted by molar-refractivity contribution is -0.127. The maximum absolute atomic E-state index is 13.2. The number of hydrogen-bond donors (Lipinski definition) is 1. The Hall–Kier alpha value is -2.89. The van der Waals surface area contributed by atoms with Crippen molar-refractivity contribution in [3.63, 3.8) is 0 Å². The van der Waals surface area contributed by atoms with Gasteiger partial charge in [0, 0.05) is 25.1 Å². The van der Waals surface area contributed by atoms with Crippen LogP contribution in [-0.2, 0) is 11.4 Å². The van der Waals surface area contributed by atoms with Crippen LogP contribution in [0, 0.1) is 5.82 Å². The number of carbonyl (C=O) groups is 2. The zero-order chi connectivity index (χ0) is 19.2. The zero-order valence-corrected chi connectivity index (χ0v) is 15.3. The van der Waals surface area contributed by atoms with Crippen LogP contribution in [0.1, 0.15) is 35.7 Å². The van der Waals surface area contributed by atoms with Gasteiger partial charge in [-0.05, 0) is 42.3 Å². The van der Waals surface area contributed by atoms with E-state index >= 15 is 0 Å². The van der Waals surface area contributed by atoms with Crippen LogP contribution in [0.2, 0.25) is 0 Å². The van der Waals surface area contributed by atoms with Crippen molar-refractivity contribution in [1.29, 1.82) is 0 Å². The second kappa shape index (κ2) is 8.66. The summed E-state index contributed by atoms with van der Waals surface area (Å²) in [5.74, 6) is 0.0613. The molecule has 2 amide bonds. The minimum Gasteiger partial charge on any atom is -0.489 e. The summed E-state index contributed by atoms with van der Waals surface area (Å²) in [5.41, 5.74) is 1.18. The predicted molar refractivity (Wildman–Crippen MR) is 99.9 cm³/mol. The van der Waals surface area contributed by atoms with E-state index in [1.807, 2.05) is 6.92 Å². The summed E-state index contributed by atoms with van der Waals surface area (Å²) in [6.07, 6.45) is 1.23. The summed E-state index contributed by atoms with van der Waals surface area (Å²) in [4.78, 5) is 26.2. The lowest BCUT2D eigenvalue weighted by Gasteiger charge is -2.16. The van der Waals surface area contributed by atoms with Gasteiger partial charge in [0.15, 0.2) is 0 Å². The Morgan fingerprint density at radius 2 is 2.07 bits per heavy atom. The Bertz CT molecular complexity index is 825. The molecule has 1 fully saturated rings. The number of rotatable bonds is 7. The molecule has 1 N–H and O–H groups in total. The molecule has 0 spiro atoms. The van der Waals surface area contributed by atoms with E-state index in [2.05, 4.69) is 5.32 Å². The monoisotopic (exact) mass is 370 g/mol. The summed E-state index contributed by atoms with van der Waals surface area (Å²) in [5, 5.41) is 2.92. The third-order valence-electron chi connectivity index (χ3n) is 4.43. The highest BCUT2D eigenvalue weighted by Gasteiger charge is 2.30. The van der Waals surface area contributed by atoms with Gasteiger partial charge in [-0.3, -0.25) is 9.59 Å². The van der Waals surface area contributed by atoms with Crippen LogP contribution in [0.3, 0.4) is 0 Å². The lowest BCUT2D eigenvalue weighted by Crippen LogP contribution is -2.37. The first-order chi connectivity index (χ1) is 13.0. The normalized spacial score (nSPS) is 16.4. The molecular weight excluding hydrogens is 347 g/mol. The molecule has 0 saturated carbocycles. The van der Waals surface area contributed by atoms with Gasteiger partial charge in [0.2, 0.25) is 5.91 Å². The molecule has 27 heavy (non-hydrogen) atoms. The standard InChI is InChI=1S/C21H23FN2O3/c1-2-9-24-13-18(12-20(24)25)23-21(26)16-6-4-8-19(11-16)27-14-15-5-3-7-17(22)10-15/h3-8,10-11,18H,2,9,12-14H2,1H3,(H,23,26). The number of nitrogens with one attached hydrogen (secondary N) is 1. The Balaban J connectivity index is 1.58. The molecule has 2 aromatic rings. The topological polar surface area (TPSA) is 58.6 Å². The first kappa shape index (κ1) is 18.9. The van der Waals surface area contributed by atoms with Crippen molar-refractivity contribution in [1.82, 2.24) is 10.2 Å². The minimum atomic E-state index is -0.313. The van der Waals surface area contributed by atoms with Crippen molar-refractivity contribution in [3.05, 3.63) is 65.5 Å². The minimum absolute atomic E-state index is 0.0781. The molecular formula is C21H23FN2O3. The molecule has 1 saturated heterocycles. The van der Waals surface area contributed by atoms with E-state index in [0.717, 1.165) is 6.42 Å². The summed E-state index contributed by atoms with van der Waals surface area (Å²) < 4.78 is 18.9. The molecule has 0 radical (unpaired) electrons. The quantitative estimate of drug-likeness (QED) is 0.815. The van der Waals surface area contributed by atoms with Crippen LogP contribution >= 0.6 is 0 Å². The maximum atomic E-state index is 13.2. The van der Waals surface area contributed by atoms with Crippen LogP contribution in [0.5, 0.6) is 5.75 Å². The van der Waals surface area contributed by atoms with E-state index in [0.29, 0.717) is 36.4 Å². The predicted octanol–water partition coefficient (Wildman–Crippen LogP) is 3.15. The smallest absolute Gasteiger partial charge is 0.251 e. The third kappa shape index (κ3) is 5.06. The van der Waals surface area contributed by atoms with Gasteiger partial charge in [0.1, 0.15) is 18.2 Å². The van der Waals surface area contributed by atoms with Crippen LogP contribution in [-0.4, -0.2) is 35.8 Å². The van der Waals surface area contributed by atoms with Gasteiger partial charge in [-0.2, -0.15) is 0 Å². The van der Waals surface area contributed by atoms with Gasteiger partial charge in [-0.1, -0.05) is 25.1 Å². The second-order valence-electron chi connectivity index (χ2n) is 6.66. The molecule has 0 aliphatic carbocycles. The average Bonchev–Trinajstić information content (AvgIpc) is 3.00. The Morgan fingerprint density at radius 3 is 2.85 bits per heavy atom. The van der Waals surface area contributed by atoms with Gasteiger partial charge in [-0.25, -0.2) is 4.39 Å². The molecule has 5 nitrogen and oxygen atoms in total. The summed E-state index contributed by atoms with van der Waals surface area (Å²) >= 11 is 0. The van der Waals surface area contributed by atoms with Crippen molar-refractivity contribution in [2.45, 2.75) is 32.4 Å². The number of amides is 2. The van der Waals surface area contributed by atoms with Crippen molar-refractivity contribution in [2.75, 3.05) is 13.1 Å². The fourth-order valence-electron chi connectivity index (χ4n) is 3.14. The van der Waals surface area contributed by atoms with Crippen LogP contribution in [0.15, 0.2) is 48.5 Å². The molecule has 3 rings (SSSR count). The Kier molecular flexibility index (Phi) is 6.06. The highest BCUT2D eigenvalue weighted by molar-refractivity contribution is 5.95. The van der Waals surface area contributed by atoms with Gasteiger partial charge in [0.05, 0.1) is 6.04 Å². The fourth-order valence-corrected chi connectivity index (χ4v) is 3.14. The average molecular weight is 370 g/mol. The number of nitrogens with zero attached hydrogens (tertiary/aromatic N) is 1. The number of likely N-dealkylation sites (tertiary alicyclic amines) is 1. The second-order valence-corrected chi connectivity index (χ2v) is 6.66. The van der Waals surface area contributed by atoms with Crippen LogP contribution < -0.4 is 10.1 Å². The number of hydrogen-bond acceptors (Lipinski definition) is 3. The third-order valence-corrected chi connectivity index (χ3v) is 4.43. The molecule has 1 heterocycles. The largest absolute Gasteiger partial charge is 0.489 e. The number of halogens is 1. The maximum Gasteiger partial charge on any atom is 0.251 e. The van der Waals surface area contributed by atoms with Gasteiger partial charge in [0.25, 0.3) is 5.91 Å². The van der Waals surface area contributed by atoms with Gasteiger partial charge >= 0.3 is 0 Å². The first-order valence-electron chi connectivity index (χ1n) is 9.11. The molecule has 1 unspecified atom stereocenters. The summed E-state index contributed by atoms with van der Waals surface area (Å²) in [7, 11) is 0. The molecule has 0 aromatic heterocycles. The SMILES string of the molecule is CCCN1CC(NC(=O)c2cccc(OCc3cccc(F)c3)c2)CC1=O. The Morgan fingerprint density at radius 1 is 1.26 bits per heavy atom. The van der Waals surface area contributed by atoms with E-state index < -0.39 is 0 Å². The summed E-state index contributed by atoms with van der Waals surface area (Å²) in [6.45, 7) is 3.50. The summed E-state index contributed by atoms with van der Waals surface area (Å²) in [6, 6.07) is 12.9. The number of carbonyl (C=O) groups excluding carboxylic acids is 2. The van der Waals surface area contributed by atoms with Crippen molar-refractivity contribution in [2.24, 2.45) is 0 Å². The Labute approximate surface area is 158 Å². The molecule has 1 aliphatic rings. The van der Waals surface area contributed by atoms with E-state index in [4.69, 9.17) is 4.74 Å².